The SMILES string of the molecule is Cc1nc(N(C)C)ncc1C(=O)N[C@@H](C)c1ccccc1-n1cccn1. The molecule has 1 atom stereocenters. The Morgan fingerprint density at radius 2 is 2.00 bits per heavy atom. The van der Waals surface area contributed by atoms with Gasteiger partial charge in [-0.3, -0.25) is 4.79 Å². The van der Waals surface area contributed by atoms with Gasteiger partial charge >= 0.3 is 0 Å². The molecule has 2 aromatic heterocycles. The summed E-state index contributed by atoms with van der Waals surface area (Å²) < 4.78 is 1.79. The van der Waals surface area contributed by atoms with Gasteiger partial charge in [-0.15, -0.1) is 0 Å². The summed E-state index contributed by atoms with van der Waals surface area (Å²) in [4.78, 5) is 23.1. The van der Waals surface area contributed by atoms with Crippen molar-refractivity contribution in [3.63, 3.8) is 0 Å². The van der Waals surface area contributed by atoms with Crippen LogP contribution in [0.2, 0.25) is 0 Å². The van der Waals surface area contributed by atoms with Gasteiger partial charge in [0.15, 0.2) is 0 Å². The topological polar surface area (TPSA) is 75.9 Å². The van der Waals surface area contributed by atoms with Crippen molar-refractivity contribution in [1.29, 1.82) is 0 Å². The summed E-state index contributed by atoms with van der Waals surface area (Å²) in [6.07, 6.45) is 5.18. The van der Waals surface area contributed by atoms with Crippen LogP contribution in [0.3, 0.4) is 0 Å². The summed E-state index contributed by atoms with van der Waals surface area (Å²) in [5.74, 6) is 0.381. The van der Waals surface area contributed by atoms with Crippen molar-refractivity contribution < 1.29 is 4.79 Å². The predicted octanol–water partition coefficient (Wildman–Crippen LogP) is 2.53. The molecule has 26 heavy (non-hydrogen) atoms. The Hall–Kier alpha value is -3.22. The Morgan fingerprint density at radius 1 is 1.23 bits per heavy atom. The number of benzene rings is 1. The second kappa shape index (κ2) is 7.35. The molecule has 0 unspecified atom stereocenters. The molecule has 7 heteroatoms. The van der Waals surface area contributed by atoms with E-state index in [9.17, 15) is 4.79 Å². The fraction of sp³-hybridized carbons (Fsp3) is 0.263. The quantitative estimate of drug-likeness (QED) is 0.765. The van der Waals surface area contributed by atoms with Crippen molar-refractivity contribution in [2.24, 2.45) is 0 Å². The van der Waals surface area contributed by atoms with Crippen LogP contribution in [-0.4, -0.2) is 39.8 Å². The molecular weight excluding hydrogens is 328 g/mol. The summed E-state index contributed by atoms with van der Waals surface area (Å²) in [5.41, 5.74) is 3.03. The maximum atomic E-state index is 12.7. The van der Waals surface area contributed by atoms with Crippen LogP contribution in [0.25, 0.3) is 5.69 Å². The summed E-state index contributed by atoms with van der Waals surface area (Å²) in [6, 6.07) is 9.53. The molecule has 0 spiro atoms. The van der Waals surface area contributed by atoms with Gasteiger partial charge in [0.2, 0.25) is 5.95 Å². The first-order valence-electron chi connectivity index (χ1n) is 8.38. The van der Waals surface area contributed by atoms with Crippen LogP contribution in [0.1, 0.15) is 34.6 Å². The molecule has 1 N–H and O–H groups in total. The predicted molar refractivity (Wildman–Crippen MR) is 101 cm³/mol. The van der Waals surface area contributed by atoms with Crippen molar-refractivity contribution in [3.8, 4) is 5.69 Å². The van der Waals surface area contributed by atoms with E-state index in [2.05, 4.69) is 20.4 Å². The molecule has 134 valence electrons. The zero-order chi connectivity index (χ0) is 18.7. The van der Waals surface area contributed by atoms with E-state index in [-0.39, 0.29) is 11.9 Å². The molecule has 2 heterocycles. The van der Waals surface area contributed by atoms with E-state index < -0.39 is 0 Å². The van der Waals surface area contributed by atoms with Gasteiger partial charge in [-0.25, -0.2) is 14.6 Å². The van der Waals surface area contributed by atoms with Crippen LogP contribution < -0.4 is 10.2 Å². The lowest BCUT2D eigenvalue weighted by atomic mass is 10.1. The first kappa shape index (κ1) is 17.6. The van der Waals surface area contributed by atoms with Crippen molar-refractivity contribution in [1.82, 2.24) is 25.1 Å². The number of nitrogens with zero attached hydrogens (tertiary/aromatic N) is 5. The normalized spacial score (nSPS) is 11.8. The Bertz CT molecular complexity index is 904. The number of para-hydroxylation sites is 1. The lowest BCUT2D eigenvalue weighted by molar-refractivity contribution is 0.0938. The molecule has 0 aliphatic heterocycles. The standard InChI is InChI=1S/C19H22N6O/c1-13(15-8-5-6-9-17(15)25-11-7-10-21-25)22-18(26)16-12-20-19(24(3)4)23-14(16)2/h5-13H,1-4H3,(H,22,26)/t13-/m0/s1. The minimum Gasteiger partial charge on any atom is -0.347 e. The maximum Gasteiger partial charge on any atom is 0.255 e. The third-order valence-corrected chi connectivity index (χ3v) is 4.11. The van der Waals surface area contributed by atoms with Gasteiger partial charge in [0.1, 0.15) is 0 Å². The second-order valence-corrected chi connectivity index (χ2v) is 6.27. The molecule has 0 saturated heterocycles. The van der Waals surface area contributed by atoms with Gasteiger partial charge in [-0.05, 0) is 31.5 Å². The largest absolute Gasteiger partial charge is 0.347 e. The Kier molecular flexibility index (Phi) is 4.97. The highest BCUT2D eigenvalue weighted by atomic mass is 16.1. The maximum absolute atomic E-state index is 12.7. The number of amides is 1. The summed E-state index contributed by atoms with van der Waals surface area (Å²) in [7, 11) is 3.73. The van der Waals surface area contributed by atoms with E-state index in [1.54, 1.807) is 22.0 Å². The van der Waals surface area contributed by atoms with E-state index in [0.29, 0.717) is 17.2 Å². The summed E-state index contributed by atoms with van der Waals surface area (Å²) in [6.45, 7) is 3.76. The highest BCUT2D eigenvalue weighted by Gasteiger charge is 2.18. The number of carbonyl (C=O) groups excluding carboxylic acids is 1. The van der Waals surface area contributed by atoms with E-state index in [0.717, 1.165) is 11.3 Å². The number of anilines is 1. The van der Waals surface area contributed by atoms with Gasteiger partial charge in [-0.1, -0.05) is 18.2 Å². The third-order valence-electron chi connectivity index (χ3n) is 4.11. The summed E-state index contributed by atoms with van der Waals surface area (Å²) >= 11 is 0. The van der Waals surface area contributed by atoms with E-state index >= 15 is 0 Å². The molecule has 0 aliphatic carbocycles. The van der Waals surface area contributed by atoms with Crippen molar-refractivity contribution >= 4 is 11.9 Å². The van der Waals surface area contributed by atoms with Gasteiger partial charge < -0.3 is 10.2 Å². The van der Waals surface area contributed by atoms with Crippen LogP contribution in [0.15, 0.2) is 48.9 Å². The van der Waals surface area contributed by atoms with Gasteiger partial charge in [0.05, 0.1) is 23.0 Å². The number of aromatic nitrogens is 4. The first-order chi connectivity index (χ1) is 12.5. The molecule has 3 rings (SSSR count). The second-order valence-electron chi connectivity index (χ2n) is 6.27. The Morgan fingerprint density at radius 3 is 2.65 bits per heavy atom. The first-order valence-corrected chi connectivity index (χ1v) is 8.38. The average molecular weight is 350 g/mol. The van der Waals surface area contributed by atoms with Crippen molar-refractivity contribution in [2.75, 3.05) is 19.0 Å². The Labute approximate surface area is 152 Å². The fourth-order valence-electron chi connectivity index (χ4n) is 2.72. The highest BCUT2D eigenvalue weighted by Crippen LogP contribution is 2.21. The van der Waals surface area contributed by atoms with Gasteiger partial charge in [-0.2, -0.15) is 5.10 Å². The Balaban J connectivity index is 1.83. The zero-order valence-electron chi connectivity index (χ0n) is 15.3. The van der Waals surface area contributed by atoms with Crippen LogP contribution in [0.4, 0.5) is 5.95 Å². The van der Waals surface area contributed by atoms with Crippen LogP contribution in [0.5, 0.6) is 0 Å². The number of hydrogen-bond acceptors (Lipinski definition) is 5. The number of carbonyl (C=O) groups is 1. The number of nitrogens with one attached hydrogen (secondary N) is 1. The van der Waals surface area contributed by atoms with Crippen LogP contribution in [-0.2, 0) is 0 Å². The number of aryl methyl sites for hydroxylation is 1. The molecule has 0 saturated carbocycles. The molecular formula is C19H22N6O. The minimum atomic E-state index is -0.199. The molecule has 3 aromatic rings. The highest BCUT2D eigenvalue weighted by molar-refractivity contribution is 5.95. The van der Waals surface area contributed by atoms with E-state index in [1.165, 1.54) is 0 Å². The van der Waals surface area contributed by atoms with Crippen molar-refractivity contribution in [2.45, 2.75) is 19.9 Å². The van der Waals surface area contributed by atoms with Crippen molar-refractivity contribution in [3.05, 3.63) is 65.7 Å². The molecule has 0 fully saturated rings. The van der Waals surface area contributed by atoms with Gasteiger partial charge in [0, 0.05) is 32.7 Å². The minimum absolute atomic E-state index is 0.198. The molecule has 7 nitrogen and oxygen atoms in total. The van der Waals surface area contributed by atoms with Crippen LogP contribution >= 0.6 is 0 Å². The third kappa shape index (κ3) is 3.56. The smallest absolute Gasteiger partial charge is 0.255 e. The fourth-order valence-corrected chi connectivity index (χ4v) is 2.72. The summed E-state index contributed by atoms with van der Waals surface area (Å²) in [5, 5.41) is 7.32. The average Bonchev–Trinajstić information content (AvgIpc) is 3.15. The number of hydrogen-bond donors (Lipinski definition) is 1. The zero-order valence-corrected chi connectivity index (χ0v) is 15.3. The van der Waals surface area contributed by atoms with E-state index in [1.807, 2.05) is 64.5 Å². The molecule has 1 aromatic carbocycles. The number of rotatable bonds is 5. The lowest BCUT2D eigenvalue weighted by Crippen LogP contribution is -2.28. The van der Waals surface area contributed by atoms with Crippen LogP contribution in [0, 0.1) is 6.92 Å². The van der Waals surface area contributed by atoms with Gasteiger partial charge in [0.25, 0.3) is 5.91 Å². The molecule has 0 aliphatic rings. The monoisotopic (exact) mass is 350 g/mol. The molecule has 0 bridgehead atoms. The molecule has 1 amide bonds. The lowest BCUT2D eigenvalue weighted by Gasteiger charge is -2.19. The van der Waals surface area contributed by atoms with E-state index in [4.69, 9.17) is 0 Å². The molecule has 0 radical (unpaired) electrons.